The molecule has 0 saturated heterocycles. The molecule has 0 fully saturated rings. The van der Waals surface area contributed by atoms with E-state index >= 15 is 0 Å². The molecule has 27 heavy (non-hydrogen) atoms. The number of nitrogens with zero attached hydrogens (tertiary/aromatic N) is 2. The Morgan fingerprint density at radius 3 is 2.41 bits per heavy atom. The smallest absolute Gasteiger partial charge is 0.333 e. The predicted octanol–water partition coefficient (Wildman–Crippen LogP) is 3.49. The third kappa shape index (κ3) is 5.42. The molecule has 0 radical (unpaired) electrons. The van der Waals surface area contributed by atoms with Gasteiger partial charge in [0, 0.05) is 22.3 Å². The lowest BCUT2D eigenvalue weighted by Crippen LogP contribution is -2.35. The summed E-state index contributed by atoms with van der Waals surface area (Å²) in [6, 6.07) is 6.36. The first-order chi connectivity index (χ1) is 12.7. The molecule has 0 aliphatic carbocycles. The number of aromatic nitrogens is 2. The third-order valence-electron chi connectivity index (χ3n) is 4.35. The number of rotatable bonds is 7. The summed E-state index contributed by atoms with van der Waals surface area (Å²) in [7, 11) is 1.31. The Balaban J connectivity index is 2.18. The summed E-state index contributed by atoms with van der Waals surface area (Å²) in [5, 5.41) is 7.33. The summed E-state index contributed by atoms with van der Waals surface area (Å²) in [5.41, 5.74) is 3.38. The average Bonchev–Trinajstić information content (AvgIpc) is 2.86. The Morgan fingerprint density at radius 1 is 1.22 bits per heavy atom. The molecule has 1 atom stereocenters. The van der Waals surface area contributed by atoms with E-state index in [0.717, 1.165) is 28.0 Å². The van der Waals surface area contributed by atoms with E-state index in [1.54, 1.807) is 12.1 Å². The fourth-order valence-corrected chi connectivity index (χ4v) is 3.20. The van der Waals surface area contributed by atoms with E-state index in [2.05, 4.69) is 40.2 Å². The van der Waals surface area contributed by atoms with E-state index in [0.29, 0.717) is 11.5 Å². The predicted molar refractivity (Wildman–Crippen MR) is 107 cm³/mol. The van der Waals surface area contributed by atoms with Crippen LogP contribution in [0.15, 0.2) is 28.7 Å². The lowest BCUT2D eigenvalue weighted by molar-refractivity contribution is -0.145. The molecule has 1 heterocycles. The monoisotopic (exact) mass is 435 g/mol. The fraction of sp³-hybridized carbons (Fsp3) is 0.450. The Morgan fingerprint density at radius 2 is 1.85 bits per heavy atom. The molecule has 1 amide bonds. The van der Waals surface area contributed by atoms with Gasteiger partial charge in [-0.15, -0.1) is 0 Å². The maximum absolute atomic E-state index is 12.7. The summed E-state index contributed by atoms with van der Waals surface area (Å²) < 4.78 is 7.69. The zero-order chi connectivity index (χ0) is 20.1. The van der Waals surface area contributed by atoms with Crippen LogP contribution in [0, 0.1) is 19.8 Å². The second-order valence-corrected chi connectivity index (χ2v) is 7.89. The van der Waals surface area contributed by atoms with Gasteiger partial charge in [0.1, 0.15) is 0 Å². The minimum atomic E-state index is -0.845. The Kier molecular flexibility index (Phi) is 7.18. The number of halogens is 1. The molecule has 2 aromatic rings. The molecule has 6 nitrogen and oxygen atoms in total. The zero-order valence-electron chi connectivity index (χ0n) is 16.4. The van der Waals surface area contributed by atoms with E-state index < -0.39 is 12.0 Å². The number of amides is 1. The molecule has 146 valence electrons. The minimum absolute atomic E-state index is 0.166. The number of esters is 1. The van der Waals surface area contributed by atoms with Crippen molar-refractivity contribution in [1.29, 1.82) is 0 Å². The molecule has 1 unspecified atom stereocenters. The van der Waals surface area contributed by atoms with Crippen molar-refractivity contribution < 1.29 is 14.3 Å². The largest absolute Gasteiger partial charge is 0.467 e. The maximum atomic E-state index is 12.7. The lowest BCUT2D eigenvalue weighted by atomic mass is 10.1. The molecule has 1 aromatic carbocycles. The fourth-order valence-electron chi connectivity index (χ4n) is 2.94. The summed E-state index contributed by atoms with van der Waals surface area (Å²) in [6.07, 6.45) is 0.166. The van der Waals surface area contributed by atoms with Gasteiger partial charge in [0.15, 0.2) is 6.04 Å². The highest BCUT2D eigenvalue weighted by atomic mass is 79.9. The number of nitrogens with one attached hydrogen (secondary N) is 1. The van der Waals surface area contributed by atoms with Crippen LogP contribution in [0.4, 0.5) is 0 Å². The van der Waals surface area contributed by atoms with Gasteiger partial charge in [-0.25, -0.2) is 4.79 Å². The highest BCUT2D eigenvalue weighted by Gasteiger charge is 2.25. The van der Waals surface area contributed by atoms with Crippen LogP contribution in [0.5, 0.6) is 0 Å². The molecule has 0 bridgehead atoms. The van der Waals surface area contributed by atoms with Crippen molar-refractivity contribution in [3.05, 3.63) is 51.3 Å². The quantitative estimate of drug-likeness (QED) is 0.675. The highest BCUT2D eigenvalue weighted by molar-refractivity contribution is 9.10. The standard InChI is InChI=1S/C20H26BrN3O3/c1-12(2)11-24-14(4)17(13(3)23-24)10-18(25)22-19(20(26)27-5)15-6-8-16(21)9-7-15/h6-9,12,19H,10-11H2,1-5H3,(H,22,25). The van der Waals surface area contributed by atoms with Crippen molar-refractivity contribution in [3.63, 3.8) is 0 Å². The first kappa shape index (κ1) is 21.2. The van der Waals surface area contributed by atoms with Crippen molar-refractivity contribution in [3.8, 4) is 0 Å². The number of ether oxygens (including phenoxy) is 1. The van der Waals surface area contributed by atoms with Crippen molar-refractivity contribution in [2.24, 2.45) is 5.92 Å². The second kappa shape index (κ2) is 9.17. The zero-order valence-corrected chi connectivity index (χ0v) is 18.0. The molecular weight excluding hydrogens is 410 g/mol. The van der Waals surface area contributed by atoms with Gasteiger partial charge in [0.2, 0.25) is 5.91 Å². The van der Waals surface area contributed by atoms with Crippen LogP contribution in [0.25, 0.3) is 0 Å². The molecule has 0 saturated carbocycles. The first-order valence-corrected chi connectivity index (χ1v) is 9.67. The van der Waals surface area contributed by atoms with E-state index in [-0.39, 0.29) is 12.3 Å². The SMILES string of the molecule is COC(=O)C(NC(=O)Cc1c(C)nn(CC(C)C)c1C)c1ccc(Br)cc1. The number of hydrogen-bond acceptors (Lipinski definition) is 4. The number of benzene rings is 1. The number of hydrogen-bond donors (Lipinski definition) is 1. The van der Waals surface area contributed by atoms with Crippen molar-refractivity contribution in [2.45, 2.75) is 46.7 Å². The molecule has 0 aliphatic heterocycles. The van der Waals surface area contributed by atoms with Gasteiger partial charge in [-0.3, -0.25) is 9.48 Å². The highest BCUT2D eigenvalue weighted by Crippen LogP contribution is 2.20. The molecule has 0 aliphatic rings. The molecule has 0 spiro atoms. The van der Waals surface area contributed by atoms with Crippen LogP contribution in [0.2, 0.25) is 0 Å². The van der Waals surface area contributed by atoms with Crippen LogP contribution in [0.1, 0.15) is 42.4 Å². The van der Waals surface area contributed by atoms with E-state index in [4.69, 9.17) is 4.74 Å². The van der Waals surface area contributed by atoms with Crippen molar-refractivity contribution in [1.82, 2.24) is 15.1 Å². The lowest BCUT2D eigenvalue weighted by Gasteiger charge is -2.17. The van der Waals surface area contributed by atoms with Crippen LogP contribution >= 0.6 is 15.9 Å². The van der Waals surface area contributed by atoms with Crippen LogP contribution in [-0.4, -0.2) is 28.8 Å². The Labute approximate surface area is 168 Å². The van der Waals surface area contributed by atoms with Gasteiger partial charge in [-0.05, 0) is 37.5 Å². The van der Waals surface area contributed by atoms with Crippen molar-refractivity contribution in [2.75, 3.05) is 7.11 Å². The van der Waals surface area contributed by atoms with Crippen LogP contribution < -0.4 is 5.32 Å². The third-order valence-corrected chi connectivity index (χ3v) is 4.88. The number of methoxy groups -OCH3 is 1. The van der Waals surface area contributed by atoms with Gasteiger partial charge in [-0.1, -0.05) is 41.9 Å². The van der Waals surface area contributed by atoms with Gasteiger partial charge >= 0.3 is 5.97 Å². The van der Waals surface area contributed by atoms with Crippen LogP contribution in [0.3, 0.4) is 0 Å². The first-order valence-electron chi connectivity index (χ1n) is 8.88. The van der Waals surface area contributed by atoms with Gasteiger partial charge in [0.05, 0.1) is 19.2 Å². The van der Waals surface area contributed by atoms with Gasteiger partial charge < -0.3 is 10.1 Å². The summed E-state index contributed by atoms with van der Waals surface area (Å²) in [5.74, 6) is -0.288. The molecule has 2 rings (SSSR count). The molecule has 1 N–H and O–H groups in total. The second-order valence-electron chi connectivity index (χ2n) is 6.98. The normalized spacial score (nSPS) is 12.1. The Bertz CT molecular complexity index is 813. The summed E-state index contributed by atoms with van der Waals surface area (Å²) in [6.45, 7) is 8.93. The van der Waals surface area contributed by atoms with Gasteiger partial charge in [-0.2, -0.15) is 5.10 Å². The summed E-state index contributed by atoms with van der Waals surface area (Å²) >= 11 is 3.37. The van der Waals surface area contributed by atoms with Crippen molar-refractivity contribution >= 4 is 27.8 Å². The number of aryl methyl sites for hydroxylation is 1. The Hall–Kier alpha value is -2.15. The molecule has 7 heteroatoms. The summed E-state index contributed by atoms with van der Waals surface area (Å²) in [4.78, 5) is 24.8. The minimum Gasteiger partial charge on any atom is -0.467 e. The number of carbonyl (C=O) groups is 2. The number of carbonyl (C=O) groups excluding carboxylic acids is 2. The molecular formula is C20H26BrN3O3. The van der Waals surface area contributed by atoms with E-state index in [9.17, 15) is 9.59 Å². The van der Waals surface area contributed by atoms with E-state index in [1.165, 1.54) is 7.11 Å². The van der Waals surface area contributed by atoms with E-state index in [1.807, 2.05) is 30.7 Å². The van der Waals surface area contributed by atoms with Crippen LogP contribution in [-0.2, 0) is 27.3 Å². The molecule has 1 aromatic heterocycles. The van der Waals surface area contributed by atoms with Gasteiger partial charge in [0.25, 0.3) is 0 Å². The topological polar surface area (TPSA) is 73.2 Å². The maximum Gasteiger partial charge on any atom is 0.333 e. The average molecular weight is 436 g/mol.